The number of nitrogens with one attached hydrogen (secondary N) is 1. The summed E-state index contributed by atoms with van der Waals surface area (Å²) in [5, 5.41) is 3.71. The van der Waals surface area contributed by atoms with Crippen molar-refractivity contribution in [2.75, 3.05) is 19.6 Å². The van der Waals surface area contributed by atoms with Crippen LogP contribution in [0.1, 0.15) is 39.4 Å². The van der Waals surface area contributed by atoms with Gasteiger partial charge in [0.2, 0.25) is 0 Å². The SMILES string of the molecule is CCC1CN(CCn2ccnc2C)C(C(C)CC)CN1. The Hall–Kier alpha value is -0.870. The lowest BCUT2D eigenvalue weighted by Gasteiger charge is -2.43. The highest BCUT2D eigenvalue weighted by Gasteiger charge is 2.29. The summed E-state index contributed by atoms with van der Waals surface area (Å²) in [6.45, 7) is 13.5. The quantitative estimate of drug-likeness (QED) is 0.867. The van der Waals surface area contributed by atoms with Gasteiger partial charge in [-0.05, 0) is 19.3 Å². The topological polar surface area (TPSA) is 33.1 Å². The number of piperazine rings is 1. The third-order valence-corrected chi connectivity index (χ3v) is 4.88. The molecule has 2 heterocycles. The van der Waals surface area contributed by atoms with E-state index in [0.717, 1.165) is 31.4 Å². The van der Waals surface area contributed by atoms with Gasteiger partial charge in [0.25, 0.3) is 0 Å². The standard InChI is InChI=1S/C16H30N4/c1-5-13(3)16-11-18-15(6-2)12-20(16)10-9-19-8-7-17-14(19)4/h7-8,13,15-16,18H,5-6,9-12H2,1-4H3. The highest BCUT2D eigenvalue weighted by Crippen LogP contribution is 2.19. The molecule has 1 aliphatic rings. The van der Waals surface area contributed by atoms with Crippen molar-refractivity contribution in [1.29, 1.82) is 0 Å². The van der Waals surface area contributed by atoms with Crippen LogP contribution in [0.2, 0.25) is 0 Å². The Bertz CT molecular complexity index is 401. The first kappa shape index (κ1) is 15.5. The zero-order valence-corrected chi connectivity index (χ0v) is 13.5. The van der Waals surface area contributed by atoms with E-state index in [1.54, 1.807) is 0 Å². The van der Waals surface area contributed by atoms with Crippen LogP contribution in [0.15, 0.2) is 12.4 Å². The van der Waals surface area contributed by atoms with Gasteiger partial charge in [-0.15, -0.1) is 0 Å². The van der Waals surface area contributed by atoms with E-state index in [1.165, 1.54) is 19.4 Å². The van der Waals surface area contributed by atoms with Gasteiger partial charge in [-0.2, -0.15) is 0 Å². The van der Waals surface area contributed by atoms with E-state index in [9.17, 15) is 0 Å². The van der Waals surface area contributed by atoms with Gasteiger partial charge in [-0.25, -0.2) is 4.98 Å². The second-order valence-corrected chi connectivity index (χ2v) is 6.13. The average Bonchev–Trinajstić information content (AvgIpc) is 2.89. The molecule has 4 heteroatoms. The lowest BCUT2D eigenvalue weighted by molar-refractivity contribution is 0.0866. The van der Waals surface area contributed by atoms with Gasteiger partial charge in [-0.1, -0.05) is 27.2 Å². The van der Waals surface area contributed by atoms with E-state index in [0.29, 0.717) is 12.1 Å². The lowest BCUT2D eigenvalue weighted by atomic mass is 9.94. The number of nitrogens with zero attached hydrogens (tertiary/aromatic N) is 3. The van der Waals surface area contributed by atoms with Gasteiger partial charge in [0.15, 0.2) is 0 Å². The molecule has 3 unspecified atom stereocenters. The van der Waals surface area contributed by atoms with Crippen LogP contribution >= 0.6 is 0 Å². The van der Waals surface area contributed by atoms with Crippen molar-refractivity contribution in [1.82, 2.24) is 19.8 Å². The maximum Gasteiger partial charge on any atom is 0.105 e. The van der Waals surface area contributed by atoms with E-state index in [-0.39, 0.29) is 0 Å². The Morgan fingerprint density at radius 1 is 1.40 bits per heavy atom. The second-order valence-electron chi connectivity index (χ2n) is 6.13. The molecular weight excluding hydrogens is 248 g/mol. The predicted molar refractivity (Wildman–Crippen MR) is 83.9 cm³/mol. The average molecular weight is 278 g/mol. The number of rotatable bonds is 6. The summed E-state index contributed by atoms with van der Waals surface area (Å²) in [7, 11) is 0. The molecule has 1 aromatic heterocycles. The lowest BCUT2D eigenvalue weighted by Crippen LogP contribution is -2.58. The van der Waals surface area contributed by atoms with Gasteiger partial charge in [-0.3, -0.25) is 4.90 Å². The maximum atomic E-state index is 4.31. The minimum absolute atomic E-state index is 0.652. The summed E-state index contributed by atoms with van der Waals surface area (Å²) in [5.41, 5.74) is 0. The number of aryl methyl sites for hydroxylation is 1. The Kier molecular flexibility index (Phi) is 5.61. The Morgan fingerprint density at radius 3 is 2.80 bits per heavy atom. The van der Waals surface area contributed by atoms with Crippen LogP contribution in [-0.2, 0) is 6.54 Å². The molecule has 1 N–H and O–H groups in total. The molecule has 3 atom stereocenters. The van der Waals surface area contributed by atoms with Gasteiger partial charge in [0.05, 0.1) is 0 Å². The van der Waals surface area contributed by atoms with Gasteiger partial charge < -0.3 is 9.88 Å². The van der Waals surface area contributed by atoms with Crippen molar-refractivity contribution in [3.63, 3.8) is 0 Å². The largest absolute Gasteiger partial charge is 0.334 e. The van der Waals surface area contributed by atoms with Crippen LogP contribution in [0.25, 0.3) is 0 Å². The molecule has 1 aromatic rings. The minimum atomic E-state index is 0.652. The summed E-state index contributed by atoms with van der Waals surface area (Å²) < 4.78 is 2.26. The molecule has 1 aliphatic heterocycles. The Morgan fingerprint density at radius 2 is 2.20 bits per heavy atom. The molecule has 0 bridgehead atoms. The van der Waals surface area contributed by atoms with Crippen LogP contribution in [-0.4, -0.2) is 46.2 Å². The first-order valence-electron chi connectivity index (χ1n) is 8.10. The molecule has 0 amide bonds. The Labute approximate surface area is 123 Å². The summed E-state index contributed by atoms with van der Waals surface area (Å²) in [5.74, 6) is 1.87. The zero-order chi connectivity index (χ0) is 14.5. The van der Waals surface area contributed by atoms with Crippen molar-refractivity contribution < 1.29 is 0 Å². The van der Waals surface area contributed by atoms with Crippen molar-refractivity contribution in [2.24, 2.45) is 5.92 Å². The summed E-state index contributed by atoms with van der Waals surface area (Å²) in [4.78, 5) is 7.01. The van der Waals surface area contributed by atoms with E-state index in [2.05, 4.69) is 53.7 Å². The molecule has 2 rings (SSSR count). The van der Waals surface area contributed by atoms with Crippen molar-refractivity contribution in [2.45, 2.75) is 59.2 Å². The molecule has 1 fully saturated rings. The van der Waals surface area contributed by atoms with Crippen molar-refractivity contribution in [3.05, 3.63) is 18.2 Å². The molecule has 1 saturated heterocycles. The van der Waals surface area contributed by atoms with Crippen molar-refractivity contribution >= 4 is 0 Å². The van der Waals surface area contributed by atoms with E-state index >= 15 is 0 Å². The van der Waals surface area contributed by atoms with Crippen LogP contribution in [0.3, 0.4) is 0 Å². The van der Waals surface area contributed by atoms with Crippen LogP contribution < -0.4 is 5.32 Å². The zero-order valence-electron chi connectivity index (χ0n) is 13.5. The molecule has 114 valence electrons. The molecule has 4 nitrogen and oxygen atoms in total. The summed E-state index contributed by atoms with van der Waals surface area (Å²) in [6.07, 6.45) is 6.46. The highest BCUT2D eigenvalue weighted by molar-refractivity contribution is 4.91. The van der Waals surface area contributed by atoms with Gasteiger partial charge in [0.1, 0.15) is 5.82 Å². The second kappa shape index (κ2) is 7.23. The number of hydrogen-bond acceptors (Lipinski definition) is 3. The fourth-order valence-electron chi connectivity index (χ4n) is 3.14. The normalized spacial score (nSPS) is 25.8. The van der Waals surface area contributed by atoms with Gasteiger partial charge >= 0.3 is 0 Å². The van der Waals surface area contributed by atoms with Gasteiger partial charge in [0, 0.05) is 50.7 Å². The summed E-state index contributed by atoms with van der Waals surface area (Å²) >= 11 is 0. The first-order valence-corrected chi connectivity index (χ1v) is 8.10. The molecule has 0 spiro atoms. The van der Waals surface area contributed by atoms with Crippen LogP contribution in [0.5, 0.6) is 0 Å². The fourth-order valence-corrected chi connectivity index (χ4v) is 3.14. The Balaban J connectivity index is 1.97. The molecule has 0 aliphatic carbocycles. The monoisotopic (exact) mass is 278 g/mol. The smallest absolute Gasteiger partial charge is 0.105 e. The van der Waals surface area contributed by atoms with E-state index in [1.807, 2.05) is 6.20 Å². The number of hydrogen-bond donors (Lipinski definition) is 1. The predicted octanol–water partition coefficient (Wildman–Crippen LogP) is 2.29. The maximum absolute atomic E-state index is 4.31. The van der Waals surface area contributed by atoms with E-state index in [4.69, 9.17) is 0 Å². The molecule has 20 heavy (non-hydrogen) atoms. The first-order chi connectivity index (χ1) is 9.65. The third-order valence-electron chi connectivity index (χ3n) is 4.88. The van der Waals surface area contributed by atoms with Crippen LogP contribution in [0.4, 0.5) is 0 Å². The molecule has 0 radical (unpaired) electrons. The van der Waals surface area contributed by atoms with E-state index < -0.39 is 0 Å². The molecule has 0 saturated carbocycles. The summed E-state index contributed by atoms with van der Waals surface area (Å²) in [6, 6.07) is 1.32. The fraction of sp³-hybridized carbons (Fsp3) is 0.812. The highest BCUT2D eigenvalue weighted by atomic mass is 15.2. The molecular formula is C16H30N4. The van der Waals surface area contributed by atoms with Crippen molar-refractivity contribution in [3.8, 4) is 0 Å². The third kappa shape index (κ3) is 3.61. The minimum Gasteiger partial charge on any atom is -0.334 e. The number of aromatic nitrogens is 2. The molecule has 0 aromatic carbocycles. The number of imidazole rings is 1. The van der Waals surface area contributed by atoms with Crippen LogP contribution in [0, 0.1) is 12.8 Å².